The number of carbonyl (C=O) groups excluding carboxylic acids is 3. The molecule has 3 N–H and O–H groups in total. The lowest BCUT2D eigenvalue weighted by Gasteiger charge is -2.33. The molecule has 0 spiro atoms. The second-order valence-electron chi connectivity index (χ2n) is 6.33. The highest BCUT2D eigenvalue weighted by Crippen LogP contribution is 2.36. The summed E-state index contributed by atoms with van der Waals surface area (Å²) in [7, 11) is 0. The zero-order chi connectivity index (χ0) is 17.1. The van der Waals surface area contributed by atoms with Gasteiger partial charge in [-0.05, 0) is 49.4 Å². The van der Waals surface area contributed by atoms with Crippen LogP contribution in [-0.4, -0.2) is 36.3 Å². The number of hydrogen-bond acceptors (Lipinski definition) is 3. The van der Waals surface area contributed by atoms with Gasteiger partial charge in [-0.1, -0.05) is 0 Å². The lowest BCUT2D eigenvalue weighted by Crippen LogP contribution is -2.57. The topological polar surface area (TPSA) is 87.3 Å². The van der Waals surface area contributed by atoms with Crippen LogP contribution in [0.2, 0.25) is 0 Å². The second-order valence-corrected chi connectivity index (χ2v) is 6.33. The molecule has 0 aromatic heterocycles. The van der Waals surface area contributed by atoms with Crippen molar-refractivity contribution in [1.29, 1.82) is 0 Å². The Morgan fingerprint density at radius 1 is 1.17 bits per heavy atom. The van der Waals surface area contributed by atoms with Crippen LogP contribution in [0.4, 0.5) is 4.39 Å². The Morgan fingerprint density at radius 2 is 1.88 bits per heavy atom. The van der Waals surface area contributed by atoms with E-state index in [0.717, 1.165) is 12.8 Å². The van der Waals surface area contributed by atoms with Gasteiger partial charge in [-0.2, -0.15) is 0 Å². The summed E-state index contributed by atoms with van der Waals surface area (Å²) in [5, 5.41) is 8.37. The van der Waals surface area contributed by atoms with Crippen molar-refractivity contribution >= 4 is 17.7 Å². The fourth-order valence-corrected chi connectivity index (χ4v) is 3.01. The molecule has 1 heterocycles. The Balaban J connectivity index is 1.49. The van der Waals surface area contributed by atoms with Crippen LogP contribution >= 0.6 is 0 Å². The van der Waals surface area contributed by atoms with Crippen LogP contribution in [0.15, 0.2) is 24.3 Å². The highest BCUT2D eigenvalue weighted by molar-refractivity contribution is 5.96. The molecule has 0 bridgehead atoms. The van der Waals surface area contributed by atoms with Crippen molar-refractivity contribution in [3.8, 4) is 0 Å². The van der Waals surface area contributed by atoms with Crippen molar-refractivity contribution in [2.75, 3.05) is 6.54 Å². The normalized spacial score (nSPS) is 23.3. The quantitative estimate of drug-likeness (QED) is 0.742. The van der Waals surface area contributed by atoms with E-state index in [1.807, 2.05) is 0 Å². The van der Waals surface area contributed by atoms with Gasteiger partial charge in [0.25, 0.3) is 5.91 Å². The molecule has 24 heavy (non-hydrogen) atoms. The first-order chi connectivity index (χ1) is 11.5. The number of benzene rings is 1. The summed E-state index contributed by atoms with van der Waals surface area (Å²) in [6, 6.07) is 5.01. The van der Waals surface area contributed by atoms with Crippen molar-refractivity contribution < 1.29 is 18.8 Å². The summed E-state index contributed by atoms with van der Waals surface area (Å²) >= 11 is 0. The van der Waals surface area contributed by atoms with Gasteiger partial charge >= 0.3 is 0 Å². The minimum absolute atomic E-state index is 0.0111. The largest absolute Gasteiger partial charge is 0.351 e. The Bertz CT molecular complexity index is 643. The number of amides is 3. The zero-order valence-corrected chi connectivity index (χ0v) is 13.2. The first-order valence-corrected chi connectivity index (χ1v) is 8.15. The van der Waals surface area contributed by atoms with Gasteiger partial charge in [-0.3, -0.25) is 14.4 Å². The first-order valence-electron chi connectivity index (χ1n) is 8.15. The Kier molecular flexibility index (Phi) is 4.78. The summed E-state index contributed by atoms with van der Waals surface area (Å²) in [6.45, 7) is -0.155. The standard InChI is InChI=1S/C17H20FN3O3/c18-12-5-3-11(4-6-12)17(24)19-9-15(23)20-13-7-8-14(22)21-16(13)10-1-2-10/h3-6,10,13,16H,1-2,7-9H2,(H,19,24)(H,20,23)(H,21,22). The van der Waals surface area contributed by atoms with E-state index in [1.165, 1.54) is 24.3 Å². The molecule has 1 aliphatic carbocycles. The second kappa shape index (κ2) is 6.98. The summed E-state index contributed by atoms with van der Waals surface area (Å²) in [5.41, 5.74) is 0.296. The molecule has 2 fully saturated rings. The summed E-state index contributed by atoms with van der Waals surface area (Å²) in [6.07, 6.45) is 3.15. The van der Waals surface area contributed by atoms with Gasteiger partial charge in [-0.25, -0.2) is 4.39 Å². The number of hydrogen-bond donors (Lipinski definition) is 3. The van der Waals surface area contributed by atoms with E-state index >= 15 is 0 Å². The van der Waals surface area contributed by atoms with Crippen LogP contribution in [0, 0.1) is 11.7 Å². The van der Waals surface area contributed by atoms with Crippen LogP contribution in [0.1, 0.15) is 36.0 Å². The van der Waals surface area contributed by atoms with Crippen LogP contribution in [0.5, 0.6) is 0 Å². The number of rotatable bonds is 5. The van der Waals surface area contributed by atoms with Crippen LogP contribution in [0.3, 0.4) is 0 Å². The third-order valence-electron chi connectivity index (χ3n) is 4.44. The van der Waals surface area contributed by atoms with Gasteiger partial charge < -0.3 is 16.0 Å². The fourth-order valence-electron chi connectivity index (χ4n) is 3.01. The molecular formula is C17H20FN3O3. The van der Waals surface area contributed by atoms with Gasteiger partial charge in [0.1, 0.15) is 5.82 Å². The summed E-state index contributed by atoms with van der Waals surface area (Å²) in [4.78, 5) is 35.5. The van der Waals surface area contributed by atoms with Crippen LogP contribution in [0.25, 0.3) is 0 Å². The van der Waals surface area contributed by atoms with Crippen molar-refractivity contribution in [1.82, 2.24) is 16.0 Å². The van der Waals surface area contributed by atoms with Gasteiger partial charge in [-0.15, -0.1) is 0 Å². The minimum Gasteiger partial charge on any atom is -0.351 e. The summed E-state index contributed by atoms with van der Waals surface area (Å²) < 4.78 is 12.8. The zero-order valence-electron chi connectivity index (χ0n) is 13.2. The van der Waals surface area contributed by atoms with E-state index in [2.05, 4.69) is 16.0 Å². The van der Waals surface area contributed by atoms with Crippen LogP contribution < -0.4 is 16.0 Å². The van der Waals surface area contributed by atoms with E-state index in [0.29, 0.717) is 24.3 Å². The molecule has 2 atom stereocenters. The van der Waals surface area contributed by atoms with E-state index < -0.39 is 11.7 Å². The average molecular weight is 333 g/mol. The smallest absolute Gasteiger partial charge is 0.251 e. The molecular weight excluding hydrogens is 313 g/mol. The molecule has 3 amide bonds. The van der Waals surface area contributed by atoms with Crippen molar-refractivity contribution in [3.63, 3.8) is 0 Å². The maximum atomic E-state index is 12.8. The molecule has 1 aromatic carbocycles. The number of nitrogens with one attached hydrogen (secondary N) is 3. The van der Waals surface area contributed by atoms with Crippen molar-refractivity contribution in [2.24, 2.45) is 5.92 Å². The maximum Gasteiger partial charge on any atom is 0.251 e. The van der Waals surface area contributed by atoms with E-state index in [4.69, 9.17) is 0 Å². The fraction of sp³-hybridized carbons (Fsp3) is 0.471. The SMILES string of the molecule is O=C(CNC(=O)c1ccc(F)cc1)NC1CCC(=O)NC1C1CC1. The monoisotopic (exact) mass is 333 g/mol. The van der Waals surface area contributed by atoms with Gasteiger partial charge in [0.15, 0.2) is 0 Å². The predicted molar refractivity (Wildman–Crippen MR) is 84.6 cm³/mol. The molecule has 0 radical (unpaired) electrons. The lowest BCUT2D eigenvalue weighted by molar-refractivity contribution is -0.126. The van der Waals surface area contributed by atoms with Gasteiger partial charge in [0, 0.05) is 18.0 Å². The molecule has 6 nitrogen and oxygen atoms in total. The molecule has 128 valence electrons. The van der Waals surface area contributed by atoms with Crippen molar-refractivity contribution in [2.45, 2.75) is 37.8 Å². The number of halogens is 1. The minimum atomic E-state index is -0.430. The Labute approximate surface area is 139 Å². The average Bonchev–Trinajstić information content (AvgIpc) is 3.40. The van der Waals surface area contributed by atoms with Gasteiger partial charge in [0.05, 0.1) is 12.6 Å². The highest BCUT2D eigenvalue weighted by Gasteiger charge is 2.40. The first kappa shape index (κ1) is 16.4. The Hall–Kier alpha value is -2.44. The lowest BCUT2D eigenvalue weighted by atomic mass is 9.94. The predicted octanol–water partition coefficient (Wildman–Crippen LogP) is 0.729. The molecule has 1 saturated heterocycles. The molecule has 2 unspecified atom stereocenters. The third-order valence-corrected chi connectivity index (χ3v) is 4.44. The molecule has 3 rings (SSSR count). The third kappa shape index (κ3) is 4.10. The van der Waals surface area contributed by atoms with Gasteiger partial charge in [0.2, 0.25) is 11.8 Å². The molecule has 7 heteroatoms. The van der Waals surface area contributed by atoms with E-state index in [1.54, 1.807) is 0 Å². The number of piperidine rings is 1. The summed E-state index contributed by atoms with van der Waals surface area (Å²) in [5.74, 6) is -0.678. The van der Waals surface area contributed by atoms with Crippen LogP contribution in [-0.2, 0) is 9.59 Å². The molecule has 1 aliphatic heterocycles. The molecule has 1 aromatic rings. The number of carbonyl (C=O) groups is 3. The van der Waals surface area contributed by atoms with E-state index in [9.17, 15) is 18.8 Å². The maximum absolute atomic E-state index is 12.8. The highest BCUT2D eigenvalue weighted by atomic mass is 19.1. The molecule has 2 aliphatic rings. The van der Waals surface area contributed by atoms with E-state index in [-0.39, 0.29) is 30.4 Å². The Morgan fingerprint density at radius 3 is 2.54 bits per heavy atom. The molecule has 1 saturated carbocycles. The van der Waals surface area contributed by atoms with Crippen molar-refractivity contribution in [3.05, 3.63) is 35.6 Å².